The van der Waals surface area contributed by atoms with E-state index in [1.807, 2.05) is 53.8 Å². The molecule has 5 heteroatoms. The number of rotatable bonds is 3. The third-order valence-corrected chi connectivity index (χ3v) is 10.9. The van der Waals surface area contributed by atoms with Gasteiger partial charge in [-0.3, -0.25) is 0 Å². The zero-order chi connectivity index (χ0) is 32.6. The summed E-state index contributed by atoms with van der Waals surface area (Å²) in [5.41, 5.74) is 9.67. The van der Waals surface area contributed by atoms with Crippen molar-refractivity contribution in [2.45, 2.75) is 0 Å². The molecule has 10 rings (SSSR count). The van der Waals surface area contributed by atoms with Crippen LogP contribution in [0.25, 0.3) is 96.0 Å². The molecule has 0 spiro atoms. The zero-order valence-corrected chi connectivity index (χ0v) is 26.9. The van der Waals surface area contributed by atoms with Crippen molar-refractivity contribution < 1.29 is 0 Å². The fraction of sp³-hybridized carbons (Fsp3) is 0. The summed E-state index contributed by atoms with van der Waals surface area (Å²) in [4.78, 5) is 7.75. The Hall–Kier alpha value is -6.66. The number of hydrogen-bond donors (Lipinski definition) is 0. The lowest BCUT2D eigenvalue weighted by Crippen LogP contribution is -1.97. The van der Waals surface area contributed by atoms with Crippen LogP contribution in [0.15, 0.2) is 146 Å². The van der Waals surface area contributed by atoms with Gasteiger partial charge in [-0.2, -0.15) is 0 Å². The van der Waals surface area contributed by atoms with E-state index in [-0.39, 0.29) is 0 Å². The van der Waals surface area contributed by atoms with Crippen molar-refractivity contribution in [2.24, 2.45) is 0 Å². The molecule has 0 aliphatic heterocycles. The minimum absolute atomic E-state index is 0.603. The number of thiophene rings is 1. The maximum atomic E-state index is 8.23. The molecule has 4 nitrogen and oxygen atoms in total. The minimum Gasteiger partial charge on any atom is -0.310 e. The monoisotopic (exact) mass is 640 g/mol. The SMILES string of the molecule is [C-]#[N+]c1ccc2c(c1)c1ccccc1n2-c1cccc([N+]#[C-])c1-c1ccc2sc3c(ccc4c5ccccc5n(-c5ccccc5)c43)c2c1. The van der Waals surface area contributed by atoms with Gasteiger partial charge in [-0.1, -0.05) is 91.0 Å². The highest BCUT2D eigenvalue weighted by molar-refractivity contribution is 7.26. The first-order chi connectivity index (χ1) is 24.2. The first-order valence-corrected chi connectivity index (χ1v) is 16.9. The van der Waals surface area contributed by atoms with E-state index in [1.54, 1.807) is 0 Å². The van der Waals surface area contributed by atoms with Gasteiger partial charge in [0.05, 0.1) is 39.9 Å². The Morgan fingerprint density at radius 2 is 1.20 bits per heavy atom. The predicted molar refractivity (Wildman–Crippen MR) is 206 cm³/mol. The Balaban J connectivity index is 1.27. The maximum Gasteiger partial charge on any atom is 0.196 e. The fourth-order valence-corrected chi connectivity index (χ4v) is 8.90. The van der Waals surface area contributed by atoms with Crippen LogP contribution in [-0.2, 0) is 0 Å². The van der Waals surface area contributed by atoms with Gasteiger partial charge in [-0.25, -0.2) is 9.69 Å². The van der Waals surface area contributed by atoms with Crippen LogP contribution in [-0.4, -0.2) is 9.13 Å². The van der Waals surface area contributed by atoms with Crippen molar-refractivity contribution in [2.75, 3.05) is 0 Å². The van der Waals surface area contributed by atoms with Crippen molar-refractivity contribution in [1.82, 2.24) is 9.13 Å². The molecule has 0 unspecified atom stereocenters. The summed E-state index contributed by atoms with van der Waals surface area (Å²) in [5, 5.41) is 6.98. The van der Waals surface area contributed by atoms with Gasteiger partial charge in [0.15, 0.2) is 11.4 Å². The minimum atomic E-state index is 0.603. The van der Waals surface area contributed by atoms with E-state index in [1.165, 1.54) is 42.0 Å². The van der Waals surface area contributed by atoms with Gasteiger partial charge < -0.3 is 9.13 Å². The molecule has 0 saturated heterocycles. The van der Waals surface area contributed by atoms with Crippen LogP contribution in [0.4, 0.5) is 11.4 Å². The molecule has 0 bridgehead atoms. The van der Waals surface area contributed by atoms with Gasteiger partial charge >= 0.3 is 0 Å². The number of fused-ring (bicyclic) bond motifs is 10. The third-order valence-electron chi connectivity index (χ3n) is 9.74. The second kappa shape index (κ2) is 10.4. The molecule has 3 aromatic heterocycles. The molecule has 0 saturated carbocycles. The molecule has 49 heavy (non-hydrogen) atoms. The Morgan fingerprint density at radius 3 is 2.00 bits per heavy atom. The van der Waals surface area contributed by atoms with E-state index in [4.69, 9.17) is 13.1 Å². The fourth-order valence-electron chi connectivity index (χ4n) is 7.68. The number of benzene rings is 7. The van der Waals surface area contributed by atoms with Crippen LogP contribution >= 0.6 is 11.3 Å². The lowest BCUT2D eigenvalue weighted by Gasteiger charge is -2.16. The first kappa shape index (κ1) is 27.5. The smallest absolute Gasteiger partial charge is 0.196 e. The number of aromatic nitrogens is 2. The van der Waals surface area contributed by atoms with Crippen LogP contribution in [0.2, 0.25) is 0 Å². The van der Waals surface area contributed by atoms with Gasteiger partial charge in [-0.15, -0.1) is 11.3 Å². The molecular weight excluding hydrogens is 617 g/mol. The molecule has 0 atom stereocenters. The molecule has 0 amide bonds. The summed E-state index contributed by atoms with van der Waals surface area (Å²) >= 11 is 1.83. The second-order valence-electron chi connectivity index (χ2n) is 12.3. The zero-order valence-electron chi connectivity index (χ0n) is 26.1. The summed E-state index contributed by atoms with van der Waals surface area (Å²) in [6.45, 7) is 15.8. The summed E-state index contributed by atoms with van der Waals surface area (Å²) in [7, 11) is 0. The molecular formula is C44H24N4S. The van der Waals surface area contributed by atoms with Crippen LogP contribution in [0.3, 0.4) is 0 Å². The Morgan fingerprint density at radius 1 is 0.490 bits per heavy atom. The van der Waals surface area contributed by atoms with Crippen LogP contribution in [0.1, 0.15) is 0 Å². The van der Waals surface area contributed by atoms with Gasteiger partial charge in [0.2, 0.25) is 0 Å². The van der Waals surface area contributed by atoms with Crippen molar-refractivity contribution in [3.63, 3.8) is 0 Å². The number of para-hydroxylation sites is 3. The molecule has 0 N–H and O–H groups in total. The summed E-state index contributed by atoms with van der Waals surface area (Å²) < 4.78 is 7.11. The van der Waals surface area contributed by atoms with Crippen LogP contribution < -0.4 is 0 Å². The molecule has 0 radical (unpaired) electrons. The van der Waals surface area contributed by atoms with Crippen LogP contribution in [0.5, 0.6) is 0 Å². The molecule has 0 aliphatic rings. The quantitative estimate of drug-likeness (QED) is 0.171. The van der Waals surface area contributed by atoms with E-state index < -0.39 is 0 Å². The van der Waals surface area contributed by atoms with Gasteiger partial charge in [0.1, 0.15) is 0 Å². The largest absolute Gasteiger partial charge is 0.310 e. The highest BCUT2D eigenvalue weighted by Gasteiger charge is 2.21. The Labute approximate surface area is 285 Å². The average Bonchev–Trinajstić information content (AvgIpc) is 3.82. The Kier molecular flexibility index (Phi) is 5.84. The molecule has 3 heterocycles. The van der Waals surface area contributed by atoms with E-state index in [0.717, 1.165) is 44.3 Å². The van der Waals surface area contributed by atoms with E-state index >= 15 is 0 Å². The van der Waals surface area contributed by atoms with Crippen molar-refractivity contribution in [3.8, 4) is 22.5 Å². The van der Waals surface area contributed by atoms with E-state index in [0.29, 0.717) is 11.4 Å². The van der Waals surface area contributed by atoms with Gasteiger partial charge in [-0.05, 0) is 65.5 Å². The number of hydrogen-bond acceptors (Lipinski definition) is 1. The predicted octanol–water partition coefficient (Wildman–Crippen LogP) is 13.0. The van der Waals surface area contributed by atoms with Gasteiger partial charge in [0.25, 0.3) is 0 Å². The topological polar surface area (TPSA) is 18.6 Å². The van der Waals surface area contributed by atoms with E-state index in [2.05, 4.69) is 122 Å². The summed E-state index contributed by atoms with van der Waals surface area (Å²) in [5.74, 6) is 0. The van der Waals surface area contributed by atoms with Gasteiger partial charge in [0, 0.05) is 48.6 Å². The highest BCUT2D eigenvalue weighted by Crippen LogP contribution is 2.46. The molecule has 7 aromatic carbocycles. The Bertz CT molecular complexity index is 3070. The van der Waals surface area contributed by atoms with Crippen LogP contribution in [0, 0.1) is 13.1 Å². The normalized spacial score (nSPS) is 11.6. The molecule has 10 aromatic rings. The molecule has 226 valence electrons. The maximum absolute atomic E-state index is 8.23. The number of nitrogens with zero attached hydrogens (tertiary/aromatic N) is 4. The van der Waals surface area contributed by atoms with Crippen molar-refractivity contribution in [1.29, 1.82) is 0 Å². The standard InChI is InChI=1S/C44H24N4S/c1-45-28-20-23-39-34(26-28)31-14-7-9-17-38(31)48(39)40-18-10-15-36(46-2)42(40)27-19-24-41-35(25-27)33-22-21-32-30-13-6-8-16-37(30)47(43(32)44(33)49-41)29-11-4-3-5-12-29/h3-26H. The lowest BCUT2D eigenvalue weighted by molar-refractivity contribution is 1.18. The second-order valence-corrected chi connectivity index (χ2v) is 13.3. The lowest BCUT2D eigenvalue weighted by atomic mass is 9.98. The van der Waals surface area contributed by atoms with Crippen molar-refractivity contribution in [3.05, 3.63) is 168 Å². The van der Waals surface area contributed by atoms with Crippen molar-refractivity contribution >= 4 is 86.5 Å². The average molecular weight is 641 g/mol. The first-order valence-electron chi connectivity index (χ1n) is 16.1. The summed E-state index contributed by atoms with van der Waals surface area (Å²) in [6.07, 6.45) is 0. The van der Waals surface area contributed by atoms with E-state index in [9.17, 15) is 0 Å². The molecule has 0 aliphatic carbocycles. The summed E-state index contributed by atoms with van der Waals surface area (Å²) in [6, 6.07) is 50.6. The molecule has 0 fully saturated rings. The third kappa shape index (κ3) is 3.88. The highest BCUT2D eigenvalue weighted by atomic mass is 32.1.